The van der Waals surface area contributed by atoms with Gasteiger partial charge < -0.3 is 15.3 Å². The molecule has 1 unspecified atom stereocenters. The smallest absolute Gasteiger partial charge is 0.318 e. The normalized spacial score (nSPS) is 14.9. The number of aromatic hydroxyl groups is 1. The van der Waals surface area contributed by atoms with E-state index in [2.05, 4.69) is 16.5 Å². The van der Waals surface area contributed by atoms with Crippen molar-refractivity contribution in [2.75, 3.05) is 13.1 Å². The summed E-state index contributed by atoms with van der Waals surface area (Å²) in [6.45, 7) is 3.24. The molecule has 6 nitrogen and oxygen atoms in total. The van der Waals surface area contributed by atoms with Gasteiger partial charge in [-0.3, -0.25) is 0 Å². The van der Waals surface area contributed by atoms with Crippen LogP contribution in [0.15, 0.2) is 73.1 Å². The van der Waals surface area contributed by atoms with E-state index in [0.717, 1.165) is 23.2 Å². The number of aromatic nitrogens is 2. The number of urea groups is 1. The molecule has 0 saturated heterocycles. The SMILES string of the molecule is CC(NC(=O)N1CC=C(c2ccc(O)cc2)CC1)c1ccc(-n2cccn2)cc1. The highest BCUT2D eigenvalue weighted by Gasteiger charge is 2.19. The summed E-state index contributed by atoms with van der Waals surface area (Å²) in [5, 5.41) is 16.7. The fourth-order valence-corrected chi connectivity index (χ4v) is 3.49. The van der Waals surface area contributed by atoms with Crippen LogP contribution < -0.4 is 5.32 Å². The lowest BCUT2D eigenvalue weighted by Crippen LogP contribution is -2.43. The Balaban J connectivity index is 1.35. The summed E-state index contributed by atoms with van der Waals surface area (Å²) in [6, 6.07) is 17.0. The van der Waals surface area contributed by atoms with E-state index in [9.17, 15) is 9.90 Å². The second-order valence-electron chi connectivity index (χ2n) is 7.19. The van der Waals surface area contributed by atoms with Crippen LogP contribution in [0.4, 0.5) is 4.79 Å². The molecule has 1 atom stereocenters. The number of amides is 2. The summed E-state index contributed by atoms with van der Waals surface area (Å²) < 4.78 is 1.80. The molecule has 4 rings (SSSR count). The van der Waals surface area contributed by atoms with Gasteiger partial charge in [-0.05, 0) is 60.4 Å². The maximum atomic E-state index is 12.7. The second-order valence-corrected chi connectivity index (χ2v) is 7.19. The quantitative estimate of drug-likeness (QED) is 0.706. The van der Waals surface area contributed by atoms with E-state index in [1.807, 2.05) is 60.5 Å². The average Bonchev–Trinajstić information content (AvgIpc) is 3.29. The fraction of sp³-hybridized carbons (Fsp3) is 0.217. The predicted octanol–water partition coefficient (Wildman–Crippen LogP) is 4.14. The zero-order valence-electron chi connectivity index (χ0n) is 16.3. The van der Waals surface area contributed by atoms with Crippen LogP contribution in [0.25, 0.3) is 11.3 Å². The van der Waals surface area contributed by atoms with Gasteiger partial charge in [0.25, 0.3) is 0 Å². The van der Waals surface area contributed by atoms with E-state index in [0.29, 0.717) is 13.1 Å². The summed E-state index contributed by atoms with van der Waals surface area (Å²) in [4.78, 5) is 14.5. The van der Waals surface area contributed by atoms with Crippen LogP contribution in [-0.4, -0.2) is 38.9 Å². The van der Waals surface area contributed by atoms with Gasteiger partial charge in [0.15, 0.2) is 0 Å². The van der Waals surface area contributed by atoms with Crippen LogP contribution in [0.3, 0.4) is 0 Å². The van der Waals surface area contributed by atoms with Crippen molar-refractivity contribution < 1.29 is 9.90 Å². The molecule has 0 fully saturated rings. The van der Waals surface area contributed by atoms with Crippen LogP contribution in [0.1, 0.15) is 30.5 Å². The molecule has 1 aliphatic heterocycles. The zero-order valence-corrected chi connectivity index (χ0v) is 16.3. The number of hydrogen-bond donors (Lipinski definition) is 2. The second kappa shape index (κ2) is 8.22. The molecule has 0 saturated carbocycles. The van der Waals surface area contributed by atoms with Gasteiger partial charge in [-0.15, -0.1) is 0 Å². The summed E-state index contributed by atoms with van der Waals surface area (Å²) in [5.41, 5.74) is 4.33. The highest BCUT2D eigenvalue weighted by atomic mass is 16.3. The van der Waals surface area contributed by atoms with Gasteiger partial charge in [0.05, 0.1) is 11.7 Å². The summed E-state index contributed by atoms with van der Waals surface area (Å²) in [6.07, 6.45) is 6.53. The molecule has 2 heterocycles. The third-order valence-corrected chi connectivity index (χ3v) is 5.24. The first-order valence-corrected chi connectivity index (χ1v) is 9.74. The van der Waals surface area contributed by atoms with Crippen molar-refractivity contribution in [1.29, 1.82) is 0 Å². The Kier molecular flexibility index (Phi) is 5.33. The van der Waals surface area contributed by atoms with E-state index in [1.165, 1.54) is 5.57 Å². The standard InChI is InChI=1S/C23H24N4O2/c1-17(18-3-7-21(8-4-18)27-14-2-13-24-27)25-23(29)26-15-11-20(12-16-26)19-5-9-22(28)10-6-19/h2-11,13-14,17,28H,12,15-16H2,1H3,(H,25,29). The molecule has 2 aromatic carbocycles. The Bertz CT molecular complexity index is 992. The molecule has 0 bridgehead atoms. The molecule has 0 radical (unpaired) electrons. The first-order chi connectivity index (χ1) is 14.1. The summed E-state index contributed by atoms with van der Waals surface area (Å²) in [7, 11) is 0. The minimum absolute atomic E-state index is 0.0605. The molecule has 2 N–H and O–H groups in total. The van der Waals surface area contributed by atoms with E-state index in [-0.39, 0.29) is 17.8 Å². The van der Waals surface area contributed by atoms with Crippen LogP contribution in [-0.2, 0) is 0 Å². The van der Waals surface area contributed by atoms with Crippen LogP contribution in [0.2, 0.25) is 0 Å². The molecule has 3 aromatic rings. The van der Waals surface area contributed by atoms with Crippen molar-refractivity contribution in [3.8, 4) is 11.4 Å². The molecule has 1 aromatic heterocycles. The number of phenolic OH excluding ortho intramolecular Hbond substituents is 1. The van der Waals surface area contributed by atoms with E-state index >= 15 is 0 Å². The number of nitrogens with one attached hydrogen (secondary N) is 1. The van der Waals surface area contributed by atoms with Gasteiger partial charge in [-0.25, -0.2) is 9.48 Å². The van der Waals surface area contributed by atoms with Gasteiger partial charge in [-0.2, -0.15) is 5.10 Å². The van der Waals surface area contributed by atoms with Gasteiger partial charge in [0.1, 0.15) is 5.75 Å². The Morgan fingerprint density at radius 3 is 2.52 bits per heavy atom. The lowest BCUT2D eigenvalue weighted by atomic mass is 9.99. The molecular formula is C23H24N4O2. The van der Waals surface area contributed by atoms with Gasteiger partial charge in [-0.1, -0.05) is 30.3 Å². The average molecular weight is 388 g/mol. The zero-order chi connectivity index (χ0) is 20.2. The van der Waals surface area contributed by atoms with E-state index in [1.54, 1.807) is 23.0 Å². The van der Waals surface area contributed by atoms with E-state index in [4.69, 9.17) is 0 Å². The largest absolute Gasteiger partial charge is 0.508 e. The number of benzene rings is 2. The molecule has 6 heteroatoms. The highest BCUT2D eigenvalue weighted by Crippen LogP contribution is 2.24. The first-order valence-electron chi connectivity index (χ1n) is 9.74. The monoisotopic (exact) mass is 388 g/mol. The van der Waals surface area contributed by atoms with Gasteiger partial charge in [0, 0.05) is 25.5 Å². The molecule has 1 aliphatic rings. The Labute approximate surface area is 170 Å². The molecule has 0 aliphatic carbocycles. The van der Waals surface area contributed by atoms with E-state index < -0.39 is 0 Å². The topological polar surface area (TPSA) is 70.4 Å². The molecule has 2 amide bonds. The molecular weight excluding hydrogens is 364 g/mol. The Morgan fingerprint density at radius 1 is 1.14 bits per heavy atom. The van der Waals surface area contributed by atoms with Crippen molar-refractivity contribution >= 4 is 11.6 Å². The number of phenols is 1. The lowest BCUT2D eigenvalue weighted by Gasteiger charge is -2.28. The van der Waals surface area contributed by atoms with Crippen molar-refractivity contribution in [3.05, 3.63) is 84.2 Å². The minimum Gasteiger partial charge on any atom is -0.508 e. The number of carbonyl (C=O) groups excluding carboxylic acids is 1. The maximum Gasteiger partial charge on any atom is 0.318 e. The maximum absolute atomic E-state index is 12.7. The Morgan fingerprint density at radius 2 is 1.90 bits per heavy atom. The number of nitrogens with zero attached hydrogens (tertiary/aromatic N) is 3. The lowest BCUT2D eigenvalue weighted by molar-refractivity contribution is 0.200. The number of hydrogen-bond acceptors (Lipinski definition) is 3. The van der Waals surface area contributed by atoms with Crippen LogP contribution in [0, 0.1) is 0 Å². The molecule has 148 valence electrons. The van der Waals surface area contributed by atoms with Gasteiger partial charge >= 0.3 is 6.03 Å². The third kappa shape index (κ3) is 4.32. The third-order valence-electron chi connectivity index (χ3n) is 5.24. The van der Waals surface area contributed by atoms with Crippen molar-refractivity contribution in [2.45, 2.75) is 19.4 Å². The van der Waals surface area contributed by atoms with Gasteiger partial charge in [0.2, 0.25) is 0 Å². The fourth-order valence-electron chi connectivity index (χ4n) is 3.49. The van der Waals surface area contributed by atoms with Crippen LogP contribution in [0.5, 0.6) is 5.75 Å². The van der Waals surface area contributed by atoms with Crippen molar-refractivity contribution in [2.24, 2.45) is 0 Å². The molecule has 29 heavy (non-hydrogen) atoms. The minimum atomic E-state index is -0.0864. The Hall–Kier alpha value is -3.54. The predicted molar refractivity (Wildman–Crippen MR) is 113 cm³/mol. The summed E-state index contributed by atoms with van der Waals surface area (Å²) in [5.74, 6) is 0.262. The number of carbonyl (C=O) groups is 1. The highest BCUT2D eigenvalue weighted by molar-refractivity contribution is 5.77. The van der Waals surface area contributed by atoms with Crippen molar-refractivity contribution in [3.63, 3.8) is 0 Å². The number of rotatable bonds is 4. The summed E-state index contributed by atoms with van der Waals surface area (Å²) >= 11 is 0. The van der Waals surface area contributed by atoms with Crippen LogP contribution >= 0.6 is 0 Å². The van der Waals surface area contributed by atoms with Crippen molar-refractivity contribution in [1.82, 2.24) is 20.0 Å². The first kappa shape index (κ1) is 18.8. The molecule has 0 spiro atoms.